The van der Waals surface area contributed by atoms with Crippen LogP contribution in [0.2, 0.25) is 0 Å². The van der Waals surface area contributed by atoms with Crippen molar-refractivity contribution >= 4 is 0 Å². The maximum atomic E-state index is 9.21. The summed E-state index contributed by atoms with van der Waals surface area (Å²) in [4.78, 5) is 9.25. The van der Waals surface area contributed by atoms with Gasteiger partial charge in [-0.3, -0.25) is 4.90 Å². The van der Waals surface area contributed by atoms with Crippen LogP contribution in [0.4, 0.5) is 0 Å². The third kappa shape index (κ3) is 3.38. The highest BCUT2D eigenvalue weighted by atomic mass is 16.3. The second kappa shape index (κ2) is 7.05. The van der Waals surface area contributed by atoms with Crippen LogP contribution in [0, 0.1) is 0 Å². The van der Waals surface area contributed by atoms with E-state index in [0.29, 0.717) is 6.04 Å². The zero-order valence-electron chi connectivity index (χ0n) is 13.1. The molecule has 0 bridgehead atoms. The number of hydrogen-bond acceptors (Lipinski definition) is 4. The first-order valence-electron chi connectivity index (χ1n) is 7.89. The Kier molecular flexibility index (Phi) is 4.87. The van der Waals surface area contributed by atoms with E-state index in [9.17, 15) is 5.11 Å². The number of pyridine rings is 1. The zero-order valence-corrected chi connectivity index (χ0v) is 13.1. The third-order valence-corrected chi connectivity index (χ3v) is 4.44. The van der Waals surface area contributed by atoms with Crippen LogP contribution in [0.25, 0.3) is 5.82 Å². The Labute approximate surface area is 131 Å². The van der Waals surface area contributed by atoms with Crippen molar-refractivity contribution in [2.24, 2.45) is 0 Å². The van der Waals surface area contributed by atoms with Gasteiger partial charge in [0.15, 0.2) is 0 Å². The van der Waals surface area contributed by atoms with E-state index < -0.39 is 0 Å². The topological polar surface area (TPSA) is 44.5 Å². The Morgan fingerprint density at radius 3 is 2.91 bits per heavy atom. The van der Waals surface area contributed by atoms with Gasteiger partial charge in [-0.15, -0.1) is 0 Å². The van der Waals surface area contributed by atoms with Crippen LogP contribution >= 0.6 is 0 Å². The molecule has 1 saturated heterocycles. The highest BCUT2D eigenvalue weighted by Gasteiger charge is 2.24. The highest BCUT2D eigenvalue weighted by Crippen LogP contribution is 2.16. The molecular formula is C17H24N4O. The van der Waals surface area contributed by atoms with Crippen molar-refractivity contribution < 1.29 is 5.11 Å². The second-order valence-electron chi connectivity index (χ2n) is 5.94. The molecule has 5 nitrogen and oxygen atoms in total. The number of aromatic nitrogens is 2. The number of likely N-dealkylation sites (N-methyl/N-ethyl adjacent to an activating group) is 1. The summed E-state index contributed by atoms with van der Waals surface area (Å²) in [5.41, 5.74) is 1.26. The molecule has 0 aromatic carbocycles. The van der Waals surface area contributed by atoms with Gasteiger partial charge in [0.2, 0.25) is 0 Å². The van der Waals surface area contributed by atoms with Gasteiger partial charge in [0.1, 0.15) is 5.82 Å². The maximum Gasteiger partial charge on any atom is 0.136 e. The molecule has 2 aromatic rings. The fraction of sp³-hybridized carbons (Fsp3) is 0.471. The van der Waals surface area contributed by atoms with Crippen molar-refractivity contribution in [2.75, 3.05) is 33.3 Å². The van der Waals surface area contributed by atoms with Crippen LogP contribution in [-0.2, 0) is 6.54 Å². The van der Waals surface area contributed by atoms with Gasteiger partial charge in [0, 0.05) is 56.9 Å². The van der Waals surface area contributed by atoms with E-state index in [1.165, 1.54) is 5.69 Å². The second-order valence-corrected chi connectivity index (χ2v) is 5.94. The molecule has 22 heavy (non-hydrogen) atoms. The minimum Gasteiger partial charge on any atom is -0.396 e. The first kappa shape index (κ1) is 15.2. The smallest absolute Gasteiger partial charge is 0.136 e. The first-order chi connectivity index (χ1) is 10.8. The molecule has 0 radical (unpaired) electrons. The fourth-order valence-electron chi connectivity index (χ4n) is 3.11. The van der Waals surface area contributed by atoms with Gasteiger partial charge in [-0.25, -0.2) is 4.98 Å². The van der Waals surface area contributed by atoms with Crippen LogP contribution in [0.15, 0.2) is 42.7 Å². The molecule has 3 rings (SSSR count). The van der Waals surface area contributed by atoms with Crippen LogP contribution in [0.5, 0.6) is 0 Å². The highest BCUT2D eigenvalue weighted by molar-refractivity contribution is 5.27. The molecule has 0 amide bonds. The predicted molar refractivity (Wildman–Crippen MR) is 87.0 cm³/mol. The number of hydrogen-bond donors (Lipinski definition) is 1. The van der Waals surface area contributed by atoms with E-state index in [4.69, 9.17) is 0 Å². The van der Waals surface area contributed by atoms with Gasteiger partial charge in [0.05, 0.1) is 0 Å². The number of aliphatic hydroxyl groups is 1. The van der Waals surface area contributed by atoms with Gasteiger partial charge in [-0.05, 0) is 37.7 Å². The molecule has 118 valence electrons. The van der Waals surface area contributed by atoms with Crippen molar-refractivity contribution in [2.45, 2.75) is 19.0 Å². The van der Waals surface area contributed by atoms with E-state index in [0.717, 1.165) is 38.4 Å². The standard InChI is InChI=1S/C17H24N4O/c1-19-10-11-20(13-15(19)7-12-22)14-16-5-4-9-21(16)17-6-2-3-8-18-17/h2-6,8-9,15,22H,7,10-14H2,1H3/t15-/m0/s1. The van der Waals surface area contributed by atoms with Crippen molar-refractivity contribution in [1.29, 1.82) is 0 Å². The lowest BCUT2D eigenvalue weighted by Crippen LogP contribution is -2.51. The number of aliphatic hydroxyl groups excluding tert-OH is 1. The molecule has 0 saturated carbocycles. The Morgan fingerprint density at radius 1 is 1.23 bits per heavy atom. The lowest BCUT2D eigenvalue weighted by molar-refractivity contribution is 0.0733. The Morgan fingerprint density at radius 2 is 2.14 bits per heavy atom. The summed E-state index contributed by atoms with van der Waals surface area (Å²) in [6, 6.07) is 10.7. The summed E-state index contributed by atoms with van der Waals surface area (Å²) in [7, 11) is 2.15. The summed E-state index contributed by atoms with van der Waals surface area (Å²) >= 11 is 0. The van der Waals surface area contributed by atoms with Gasteiger partial charge in [-0.1, -0.05) is 6.07 Å². The first-order valence-corrected chi connectivity index (χ1v) is 7.89. The van der Waals surface area contributed by atoms with Crippen molar-refractivity contribution in [3.05, 3.63) is 48.4 Å². The predicted octanol–water partition coefficient (Wildman–Crippen LogP) is 1.37. The molecule has 0 aliphatic carbocycles. The molecule has 1 aliphatic rings. The molecule has 1 atom stereocenters. The molecule has 0 spiro atoms. The number of nitrogens with zero attached hydrogens (tertiary/aromatic N) is 4. The van der Waals surface area contributed by atoms with Crippen LogP contribution in [-0.4, -0.2) is 63.8 Å². The van der Waals surface area contributed by atoms with E-state index in [2.05, 4.69) is 44.7 Å². The zero-order chi connectivity index (χ0) is 15.4. The Bertz CT molecular complexity index is 583. The quantitative estimate of drug-likeness (QED) is 0.906. The molecule has 5 heteroatoms. The molecule has 1 N–H and O–H groups in total. The molecule has 3 heterocycles. The summed E-state index contributed by atoms with van der Waals surface area (Å²) in [5, 5.41) is 9.21. The van der Waals surface area contributed by atoms with Gasteiger partial charge < -0.3 is 14.6 Å². The van der Waals surface area contributed by atoms with Crippen molar-refractivity contribution in [3.8, 4) is 5.82 Å². The lowest BCUT2D eigenvalue weighted by Gasteiger charge is -2.39. The normalized spacial score (nSPS) is 20.4. The Balaban J connectivity index is 1.70. The summed E-state index contributed by atoms with van der Waals surface area (Å²) in [6.45, 7) is 4.29. The molecule has 0 unspecified atom stereocenters. The maximum absolute atomic E-state index is 9.21. The monoisotopic (exact) mass is 300 g/mol. The molecule has 1 fully saturated rings. The average molecular weight is 300 g/mol. The Hall–Kier alpha value is -1.69. The van der Waals surface area contributed by atoms with E-state index in [1.54, 1.807) is 0 Å². The van der Waals surface area contributed by atoms with Gasteiger partial charge in [0.25, 0.3) is 0 Å². The van der Waals surface area contributed by atoms with E-state index >= 15 is 0 Å². The minimum absolute atomic E-state index is 0.257. The van der Waals surface area contributed by atoms with E-state index in [1.807, 2.05) is 24.4 Å². The van der Waals surface area contributed by atoms with E-state index in [-0.39, 0.29) is 6.61 Å². The lowest BCUT2D eigenvalue weighted by atomic mass is 10.1. The largest absolute Gasteiger partial charge is 0.396 e. The number of piperazine rings is 1. The minimum atomic E-state index is 0.257. The molecular weight excluding hydrogens is 276 g/mol. The average Bonchev–Trinajstić information content (AvgIpc) is 3.00. The summed E-state index contributed by atoms with van der Waals surface area (Å²) < 4.78 is 2.15. The van der Waals surface area contributed by atoms with Crippen molar-refractivity contribution in [3.63, 3.8) is 0 Å². The fourth-order valence-corrected chi connectivity index (χ4v) is 3.11. The third-order valence-electron chi connectivity index (χ3n) is 4.44. The summed E-state index contributed by atoms with van der Waals surface area (Å²) in [6.07, 6.45) is 4.74. The number of rotatable bonds is 5. The van der Waals surface area contributed by atoms with Gasteiger partial charge >= 0.3 is 0 Å². The van der Waals surface area contributed by atoms with Crippen LogP contribution < -0.4 is 0 Å². The van der Waals surface area contributed by atoms with Crippen LogP contribution in [0.1, 0.15) is 12.1 Å². The van der Waals surface area contributed by atoms with Crippen LogP contribution in [0.3, 0.4) is 0 Å². The SMILES string of the molecule is CN1CCN(Cc2cccn2-c2ccccn2)C[C@@H]1CCO. The van der Waals surface area contributed by atoms with Crippen molar-refractivity contribution in [1.82, 2.24) is 19.4 Å². The molecule has 2 aromatic heterocycles. The molecule has 1 aliphatic heterocycles. The summed E-state index contributed by atoms with van der Waals surface area (Å²) in [5.74, 6) is 0.962. The van der Waals surface area contributed by atoms with Gasteiger partial charge in [-0.2, -0.15) is 0 Å².